The van der Waals surface area contributed by atoms with Gasteiger partial charge in [0.2, 0.25) is 5.91 Å². The predicted molar refractivity (Wildman–Crippen MR) is 151 cm³/mol. The lowest BCUT2D eigenvalue weighted by Crippen LogP contribution is -2.63. The maximum Gasteiger partial charge on any atom is 0.481 e. The number of carbonyl (C=O) groups excluding carboxylic acids is 2. The Morgan fingerprint density at radius 3 is 2.52 bits per heavy atom. The highest BCUT2D eigenvalue weighted by Crippen LogP contribution is 2.64. The molecule has 6 rings (SSSR count). The van der Waals surface area contributed by atoms with Gasteiger partial charge in [-0.15, -0.1) is 0 Å². The van der Waals surface area contributed by atoms with E-state index in [0.717, 1.165) is 18.4 Å². The molecule has 2 aromatic rings. The van der Waals surface area contributed by atoms with Gasteiger partial charge in [0.15, 0.2) is 0 Å². The van der Waals surface area contributed by atoms with Crippen LogP contribution < -0.4 is 15.4 Å². The molecular weight excluding hydrogens is 507 g/mol. The van der Waals surface area contributed by atoms with Gasteiger partial charge in [-0.25, -0.2) is 4.98 Å². The van der Waals surface area contributed by atoms with Crippen LogP contribution in [0.25, 0.3) is 0 Å². The number of nitrogens with one attached hydrogen (secondary N) is 2. The second-order valence-corrected chi connectivity index (χ2v) is 12.8. The Morgan fingerprint density at radius 1 is 1.15 bits per heavy atom. The highest BCUT2D eigenvalue weighted by Gasteiger charge is 2.67. The van der Waals surface area contributed by atoms with Gasteiger partial charge in [0.25, 0.3) is 5.91 Å². The fourth-order valence-corrected chi connectivity index (χ4v) is 6.85. The third-order valence-corrected chi connectivity index (χ3v) is 9.24. The highest BCUT2D eigenvalue weighted by atomic mass is 16.7. The van der Waals surface area contributed by atoms with Crippen LogP contribution in [0.5, 0.6) is 5.75 Å². The Bertz CT molecular complexity index is 1210. The molecule has 10 heteroatoms. The van der Waals surface area contributed by atoms with Gasteiger partial charge in [-0.1, -0.05) is 39.8 Å². The molecule has 4 fully saturated rings. The van der Waals surface area contributed by atoms with Crippen molar-refractivity contribution >= 4 is 18.9 Å². The van der Waals surface area contributed by atoms with Crippen LogP contribution in [0.1, 0.15) is 82.4 Å². The minimum absolute atomic E-state index is 0.0300. The number of hydrogen-bond acceptors (Lipinski definition) is 7. The Morgan fingerprint density at radius 2 is 1.90 bits per heavy atom. The first-order valence-corrected chi connectivity index (χ1v) is 14.3. The molecule has 3 aliphatic carbocycles. The summed E-state index contributed by atoms with van der Waals surface area (Å²) >= 11 is 0. The van der Waals surface area contributed by atoms with Crippen molar-refractivity contribution in [1.29, 1.82) is 0 Å². The summed E-state index contributed by atoms with van der Waals surface area (Å²) in [6.45, 7) is 11.1. The van der Waals surface area contributed by atoms with Crippen LogP contribution in [-0.2, 0) is 14.1 Å². The van der Waals surface area contributed by atoms with E-state index in [2.05, 4.69) is 55.2 Å². The maximum atomic E-state index is 13.6. The van der Waals surface area contributed by atoms with Crippen molar-refractivity contribution in [2.24, 2.45) is 23.2 Å². The van der Waals surface area contributed by atoms with Crippen LogP contribution in [0.4, 0.5) is 0 Å². The number of rotatable bonds is 10. The first kappa shape index (κ1) is 28.5. The monoisotopic (exact) mass is 548 g/mol. The third-order valence-electron chi connectivity index (χ3n) is 9.24. The second-order valence-electron chi connectivity index (χ2n) is 12.8. The molecule has 0 spiro atoms. The highest BCUT2D eigenvalue weighted by molar-refractivity contribution is 6.47. The molecular formula is C30H41BN4O5. The van der Waals surface area contributed by atoms with Gasteiger partial charge in [0.1, 0.15) is 11.4 Å². The van der Waals surface area contributed by atoms with Gasteiger partial charge in [-0.3, -0.25) is 14.6 Å². The number of carbonyl (C=O) groups is 2. The van der Waals surface area contributed by atoms with Crippen LogP contribution >= 0.6 is 0 Å². The molecule has 1 aliphatic heterocycles. The minimum Gasteiger partial charge on any atom is -0.497 e. The van der Waals surface area contributed by atoms with Crippen molar-refractivity contribution in [3.63, 3.8) is 0 Å². The predicted octanol–water partition coefficient (Wildman–Crippen LogP) is 4.14. The molecule has 214 valence electrons. The fraction of sp³-hybridized carbons (Fsp3) is 0.600. The van der Waals surface area contributed by atoms with Gasteiger partial charge in [-0.2, -0.15) is 0 Å². The molecule has 2 heterocycles. The van der Waals surface area contributed by atoms with Crippen LogP contribution in [0.2, 0.25) is 0 Å². The van der Waals surface area contributed by atoms with E-state index in [1.807, 2.05) is 24.3 Å². The van der Waals surface area contributed by atoms with E-state index in [0.29, 0.717) is 23.5 Å². The molecule has 3 saturated carbocycles. The largest absolute Gasteiger partial charge is 0.497 e. The summed E-state index contributed by atoms with van der Waals surface area (Å²) < 4.78 is 18.5. The Balaban J connectivity index is 1.31. The standard InChI is InChI=1S/C30H41BN4O5/c1-18(2)13-25(31-39-27-22-14-20(29(22,3)4)16-30(27,5)40-31)35-26(36)15-23(19-7-9-21(38-6)10-8-19)34-28(37)24-17-32-11-12-33-24/h7-12,17-18,20,22-23,25,27H,13-16H2,1-6H3,(H,34,37)(H,35,36)/t20?,22?,23?,25-,27-,30-/m0/s1. The molecule has 9 nitrogen and oxygen atoms in total. The number of hydrogen-bond donors (Lipinski definition) is 2. The van der Waals surface area contributed by atoms with E-state index in [1.165, 1.54) is 25.0 Å². The quantitative estimate of drug-likeness (QED) is 0.429. The molecule has 1 saturated heterocycles. The zero-order valence-electron chi connectivity index (χ0n) is 24.3. The Labute approximate surface area is 237 Å². The van der Waals surface area contributed by atoms with Crippen LogP contribution in [-0.4, -0.2) is 53.7 Å². The van der Waals surface area contributed by atoms with Gasteiger partial charge >= 0.3 is 7.12 Å². The lowest BCUT2D eigenvalue weighted by atomic mass is 9.45. The van der Waals surface area contributed by atoms with E-state index >= 15 is 0 Å². The van der Waals surface area contributed by atoms with Crippen molar-refractivity contribution in [3.8, 4) is 5.75 Å². The molecule has 40 heavy (non-hydrogen) atoms. The first-order valence-electron chi connectivity index (χ1n) is 14.3. The molecule has 1 aromatic heterocycles. The first-order chi connectivity index (χ1) is 19.0. The molecule has 2 N–H and O–H groups in total. The summed E-state index contributed by atoms with van der Waals surface area (Å²) in [5.41, 5.74) is 0.891. The summed E-state index contributed by atoms with van der Waals surface area (Å²) in [5.74, 6) is 1.23. The Hall–Kier alpha value is -2.98. The second kappa shape index (κ2) is 11.1. The zero-order valence-corrected chi connectivity index (χ0v) is 24.3. The Kier molecular flexibility index (Phi) is 7.94. The van der Waals surface area contributed by atoms with Gasteiger partial charge < -0.3 is 24.7 Å². The number of benzene rings is 1. The number of nitrogens with zero attached hydrogens (tertiary/aromatic N) is 2. The summed E-state index contributed by atoms with van der Waals surface area (Å²) in [5, 5.41) is 6.17. The van der Waals surface area contributed by atoms with Gasteiger partial charge in [-0.05, 0) is 67.1 Å². The van der Waals surface area contributed by atoms with Crippen molar-refractivity contribution in [1.82, 2.24) is 20.6 Å². The summed E-state index contributed by atoms with van der Waals surface area (Å²) in [6, 6.07) is 6.74. The maximum absolute atomic E-state index is 13.6. The topological polar surface area (TPSA) is 112 Å². The van der Waals surface area contributed by atoms with E-state index in [4.69, 9.17) is 14.0 Å². The smallest absolute Gasteiger partial charge is 0.481 e. The molecule has 4 aliphatic rings. The number of ether oxygens (including phenoxy) is 1. The van der Waals surface area contributed by atoms with Crippen LogP contribution in [0, 0.1) is 23.2 Å². The number of methoxy groups -OCH3 is 1. The lowest BCUT2D eigenvalue weighted by Gasteiger charge is -2.63. The van der Waals surface area contributed by atoms with Gasteiger partial charge in [0, 0.05) is 12.4 Å². The van der Waals surface area contributed by atoms with Crippen LogP contribution in [0.15, 0.2) is 42.9 Å². The fourth-order valence-electron chi connectivity index (χ4n) is 6.85. The zero-order chi connectivity index (χ0) is 28.7. The van der Waals surface area contributed by atoms with E-state index in [1.54, 1.807) is 7.11 Å². The minimum atomic E-state index is -0.585. The number of amides is 2. The van der Waals surface area contributed by atoms with Crippen molar-refractivity contribution in [2.75, 3.05) is 7.11 Å². The van der Waals surface area contributed by atoms with Crippen molar-refractivity contribution < 1.29 is 23.6 Å². The summed E-state index contributed by atoms with van der Waals surface area (Å²) in [4.78, 5) is 34.6. The molecule has 6 atom stereocenters. The van der Waals surface area contributed by atoms with Crippen molar-refractivity contribution in [2.45, 2.75) is 84.0 Å². The average Bonchev–Trinajstić information content (AvgIpc) is 3.30. The summed E-state index contributed by atoms with van der Waals surface area (Å²) in [7, 11) is 1.09. The number of aromatic nitrogens is 2. The average molecular weight is 548 g/mol. The van der Waals surface area contributed by atoms with E-state index in [-0.39, 0.29) is 41.1 Å². The molecule has 1 aromatic carbocycles. The molecule has 2 amide bonds. The van der Waals surface area contributed by atoms with E-state index < -0.39 is 19.1 Å². The normalized spacial score (nSPS) is 27.8. The van der Waals surface area contributed by atoms with E-state index in [9.17, 15) is 9.59 Å². The molecule has 0 radical (unpaired) electrons. The lowest BCUT2D eigenvalue weighted by molar-refractivity contribution is -0.185. The van der Waals surface area contributed by atoms with Crippen LogP contribution in [0.3, 0.4) is 0 Å². The molecule has 3 unspecified atom stereocenters. The van der Waals surface area contributed by atoms with Crippen molar-refractivity contribution in [3.05, 3.63) is 54.1 Å². The van der Waals surface area contributed by atoms with Gasteiger partial charge in [0.05, 0.1) is 43.4 Å². The third kappa shape index (κ3) is 5.61. The SMILES string of the molecule is COc1ccc(C(CC(=O)N[C@@H](CC(C)C)B2O[C@H]3C4CC(C[C@]3(C)O2)C4(C)C)NC(=O)c2cnccn2)cc1. The summed E-state index contributed by atoms with van der Waals surface area (Å²) in [6.07, 6.45) is 7.32. The molecule has 2 bridgehead atoms.